The Morgan fingerprint density at radius 3 is 2.06 bits per heavy atom. The lowest BCUT2D eigenvalue weighted by atomic mass is 9.81. The summed E-state index contributed by atoms with van der Waals surface area (Å²) in [6, 6.07) is 0. The van der Waals surface area contributed by atoms with Gasteiger partial charge < -0.3 is 5.11 Å². The van der Waals surface area contributed by atoms with Crippen molar-refractivity contribution in [3.63, 3.8) is 0 Å². The molecule has 1 fully saturated rings. The second-order valence-corrected chi connectivity index (χ2v) is 6.10. The Kier molecular flexibility index (Phi) is 4.14. The molecule has 0 radical (unpaired) electrons. The maximum absolute atomic E-state index is 11.9. The van der Waals surface area contributed by atoms with Crippen molar-refractivity contribution in [1.82, 2.24) is 4.90 Å². The van der Waals surface area contributed by atoms with Gasteiger partial charge in [0, 0.05) is 19.4 Å². The van der Waals surface area contributed by atoms with E-state index in [2.05, 4.69) is 0 Å². The van der Waals surface area contributed by atoms with E-state index < -0.39 is 11.9 Å². The monoisotopic (exact) mass is 255 g/mol. The third kappa shape index (κ3) is 3.31. The average molecular weight is 255 g/mol. The van der Waals surface area contributed by atoms with Crippen molar-refractivity contribution in [2.75, 3.05) is 6.54 Å². The molecule has 0 aromatic heterocycles. The molecule has 1 rings (SSSR count). The van der Waals surface area contributed by atoms with Gasteiger partial charge in [0.15, 0.2) is 0 Å². The summed E-state index contributed by atoms with van der Waals surface area (Å²) in [5.74, 6) is -2.29. The largest absolute Gasteiger partial charge is 0.481 e. The number of carboxylic acid groups (broad SMARTS) is 1. The number of nitrogens with zero attached hydrogens (tertiary/aromatic N) is 1. The van der Waals surface area contributed by atoms with E-state index in [4.69, 9.17) is 5.11 Å². The number of imide groups is 1. The second-order valence-electron chi connectivity index (χ2n) is 6.10. The molecule has 1 aliphatic rings. The molecule has 0 aromatic carbocycles. The molecule has 18 heavy (non-hydrogen) atoms. The van der Waals surface area contributed by atoms with Crippen LogP contribution in [0.2, 0.25) is 0 Å². The van der Waals surface area contributed by atoms with Gasteiger partial charge in [-0.3, -0.25) is 19.3 Å². The third-order valence-electron chi connectivity index (χ3n) is 3.36. The lowest BCUT2D eigenvalue weighted by molar-refractivity contribution is -0.155. The number of piperidine rings is 1. The van der Waals surface area contributed by atoms with Crippen LogP contribution in [0.15, 0.2) is 0 Å². The summed E-state index contributed by atoms with van der Waals surface area (Å²) in [4.78, 5) is 36.0. The van der Waals surface area contributed by atoms with Gasteiger partial charge in [-0.05, 0) is 11.3 Å². The summed E-state index contributed by atoms with van der Waals surface area (Å²) >= 11 is 0. The minimum absolute atomic E-state index is 0.0131. The summed E-state index contributed by atoms with van der Waals surface area (Å²) in [5.41, 5.74) is -0.318. The molecule has 1 N–H and O–H groups in total. The Labute approximate surface area is 107 Å². The first-order valence-electron chi connectivity index (χ1n) is 6.20. The van der Waals surface area contributed by atoms with Crippen molar-refractivity contribution >= 4 is 17.8 Å². The Balaban J connectivity index is 2.81. The lowest BCUT2D eigenvalue weighted by Crippen LogP contribution is -2.49. The molecule has 0 bridgehead atoms. The van der Waals surface area contributed by atoms with E-state index in [-0.39, 0.29) is 29.7 Å². The number of carbonyl (C=O) groups excluding carboxylic acids is 2. The van der Waals surface area contributed by atoms with Crippen molar-refractivity contribution in [2.45, 2.75) is 40.5 Å². The fourth-order valence-corrected chi connectivity index (χ4v) is 2.19. The van der Waals surface area contributed by atoms with Gasteiger partial charge in [0.05, 0.1) is 5.92 Å². The molecule has 1 unspecified atom stereocenters. The maximum atomic E-state index is 11.9. The molecule has 1 saturated heterocycles. The number of amides is 2. The minimum Gasteiger partial charge on any atom is -0.481 e. The first-order valence-corrected chi connectivity index (χ1v) is 6.20. The summed E-state index contributed by atoms with van der Waals surface area (Å²) in [5, 5.41) is 9.10. The summed E-state index contributed by atoms with van der Waals surface area (Å²) < 4.78 is 0. The van der Waals surface area contributed by atoms with Gasteiger partial charge in [-0.2, -0.15) is 0 Å². The van der Waals surface area contributed by atoms with Gasteiger partial charge >= 0.3 is 5.97 Å². The van der Waals surface area contributed by atoms with Gasteiger partial charge in [0.2, 0.25) is 11.8 Å². The Hall–Kier alpha value is -1.39. The number of carbonyl (C=O) groups is 3. The SMILES string of the molecule is CC(C)C(CN1C(=O)CC(C)(C)CC1=O)C(=O)O. The van der Waals surface area contributed by atoms with Crippen LogP contribution in [-0.4, -0.2) is 34.3 Å². The van der Waals surface area contributed by atoms with Crippen LogP contribution in [0.4, 0.5) is 0 Å². The highest BCUT2D eigenvalue weighted by atomic mass is 16.4. The molecule has 2 amide bonds. The molecule has 0 saturated carbocycles. The zero-order valence-corrected chi connectivity index (χ0v) is 11.4. The zero-order valence-electron chi connectivity index (χ0n) is 11.4. The van der Waals surface area contributed by atoms with Gasteiger partial charge in [0.25, 0.3) is 0 Å². The van der Waals surface area contributed by atoms with Crippen LogP contribution in [0.25, 0.3) is 0 Å². The Bertz CT molecular complexity index is 353. The molecular formula is C13H21NO4. The van der Waals surface area contributed by atoms with E-state index in [0.717, 1.165) is 4.90 Å². The minimum atomic E-state index is -0.963. The van der Waals surface area contributed by atoms with Crippen LogP contribution in [0.3, 0.4) is 0 Å². The van der Waals surface area contributed by atoms with Crippen molar-refractivity contribution < 1.29 is 19.5 Å². The number of rotatable bonds is 4. The average Bonchev–Trinajstić information content (AvgIpc) is 2.12. The molecular weight excluding hydrogens is 234 g/mol. The summed E-state index contributed by atoms with van der Waals surface area (Å²) in [7, 11) is 0. The second kappa shape index (κ2) is 5.08. The van der Waals surface area contributed by atoms with E-state index in [0.29, 0.717) is 12.8 Å². The highest BCUT2D eigenvalue weighted by Crippen LogP contribution is 2.32. The van der Waals surface area contributed by atoms with Crippen molar-refractivity contribution in [3.8, 4) is 0 Å². The number of carboxylic acids is 1. The molecule has 1 aliphatic heterocycles. The quantitative estimate of drug-likeness (QED) is 0.773. The van der Waals surface area contributed by atoms with Crippen molar-refractivity contribution in [3.05, 3.63) is 0 Å². The van der Waals surface area contributed by atoms with Crippen LogP contribution in [0, 0.1) is 17.3 Å². The first kappa shape index (κ1) is 14.7. The van der Waals surface area contributed by atoms with Crippen molar-refractivity contribution in [2.24, 2.45) is 17.3 Å². The van der Waals surface area contributed by atoms with E-state index in [1.165, 1.54) is 0 Å². The highest BCUT2D eigenvalue weighted by Gasteiger charge is 2.39. The van der Waals surface area contributed by atoms with Crippen LogP contribution < -0.4 is 0 Å². The number of aliphatic carboxylic acids is 1. The van der Waals surface area contributed by atoms with Crippen LogP contribution in [0.1, 0.15) is 40.5 Å². The van der Waals surface area contributed by atoms with Crippen LogP contribution in [-0.2, 0) is 14.4 Å². The fraction of sp³-hybridized carbons (Fsp3) is 0.769. The van der Waals surface area contributed by atoms with Gasteiger partial charge in [-0.1, -0.05) is 27.7 Å². The van der Waals surface area contributed by atoms with E-state index >= 15 is 0 Å². The zero-order chi connectivity index (χ0) is 14.1. The molecule has 5 nitrogen and oxygen atoms in total. The number of hydrogen-bond acceptors (Lipinski definition) is 3. The first-order chi connectivity index (χ1) is 8.14. The molecule has 0 spiro atoms. The molecule has 5 heteroatoms. The predicted molar refractivity (Wildman–Crippen MR) is 65.7 cm³/mol. The van der Waals surface area contributed by atoms with E-state index in [9.17, 15) is 14.4 Å². The molecule has 1 heterocycles. The van der Waals surface area contributed by atoms with E-state index in [1.54, 1.807) is 13.8 Å². The smallest absolute Gasteiger partial charge is 0.308 e. The van der Waals surface area contributed by atoms with Crippen LogP contribution in [0.5, 0.6) is 0 Å². The topological polar surface area (TPSA) is 74.7 Å². The highest BCUT2D eigenvalue weighted by molar-refractivity contribution is 5.98. The Morgan fingerprint density at radius 2 is 1.72 bits per heavy atom. The molecule has 102 valence electrons. The fourth-order valence-electron chi connectivity index (χ4n) is 2.19. The summed E-state index contributed by atoms with van der Waals surface area (Å²) in [6.07, 6.45) is 0.590. The third-order valence-corrected chi connectivity index (χ3v) is 3.36. The van der Waals surface area contributed by atoms with Gasteiger partial charge in [-0.25, -0.2) is 0 Å². The lowest BCUT2D eigenvalue weighted by Gasteiger charge is -2.36. The number of likely N-dealkylation sites (tertiary alicyclic amines) is 1. The van der Waals surface area contributed by atoms with Crippen molar-refractivity contribution in [1.29, 1.82) is 0 Å². The standard InChI is InChI=1S/C13H21NO4/c1-8(2)9(12(17)18)7-14-10(15)5-13(3,4)6-11(14)16/h8-9H,5-7H2,1-4H3,(H,17,18). The Morgan fingerprint density at radius 1 is 1.28 bits per heavy atom. The maximum Gasteiger partial charge on any atom is 0.308 e. The van der Waals surface area contributed by atoms with Gasteiger partial charge in [0.1, 0.15) is 0 Å². The molecule has 1 atom stereocenters. The molecule has 0 aromatic rings. The van der Waals surface area contributed by atoms with Crippen LogP contribution >= 0.6 is 0 Å². The molecule has 0 aliphatic carbocycles. The predicted octanol–water partition coefficient (Wildman–Crippen LogP) is 1.52. The van der Waals surface area contributed by atoms with E-state index in [1.807, 2.05) is 13.8 Å². The van der Waals surface area contributed by atoms with Gasteiger partial charge in [-0.15, -0.1) is 0 Å². The summed E-state index contributed by atoms with van der Waals surface area (Å²) in [6.45, 7) is 7.29. The normalized spacial score (nSPS) is 21.3. The number of hydrogen-bond donors (Lipinski definition) is 1.